The van der Waals surface area contributed by atoms with Crippen LogP contribution in [0.15, 0.2) is 41.2 Å². The molecule has 8 nitrogen and oxygen atoms in total. The van der Waals surface area contributed by atoms with Gasteiger partial charge in [-0.1, -0.05) is 29.4 Å². The molecule has 2 aromatic heterocycles. The van der Waals surface area contributed by atoms with Crippen molar-refractivity contribution in [3.63, 3.8) is 0 Å². The average Bonchev–Trinajstić information content (AvgIpc) is 3.30. The summed E-state index contributed by atoms with van der Waals surface area (Å²) in [5.74, 6) is -4.12. The van der Waals surface area contributed by atoms with Crippen molar-refractivity contribution in [1.82, 2.24) is 25.0 Å². The van der Waals surface area contributed by atoms with Crippen LogP contribution in [-0.2, 0) is 17.3 Å². The van der Waals surface area contributed by atoms with Crippen LogP contribution in [0.1, 0.15) is 28.7 Å². The molecule has 0 saturated heterocycles. The van der Waals surface area contributed by atoms with Gasteiger partial charge in [-0.25, -0.2) is 5.06 Å². The predicted octanol–water partition coefficient (Wildman–Crippen LogP) is 2.73. The number of carbonyl (C=O) groups excluding carboxylic acids is 1. The first-order valence-corrected chi connectivity index (χ1v) is 7.94. The molecule has 142 valence electrons. The average molecular weight is 377 g/mol. The van der Waals surface area contributed by atoms with E-state index in [1.807, 2.05) is 0 Å². The van der Waals surface area contributed by atoms with Crippen LogP contribution >= 0.6 is 0 Å². The number of halogens is 2. The van der Waals surface area contributed by atoms with E-state index < -0.39 is 11.8 Å². The summed E-state index contributed by atoms with van der Waals surface area (Å²) >= 11 is 0. The van der Waals surface area contributed by atoms with Crippen molar-refractivity contribution in [2.75, 3.05) is 14.2 Å². The molecular formula is C17H17F2N5O3. The zero-order valence-corrected chi connectivity index (χ0v) is 14.9. The highest BCUT2D eigenvalue weighted by molar-refractivity contribution is 5.92. The SMILES string of the molecule is CON(C)C(=O)c1cnn(Cc2ccc(-c3noc(C(C)(F)F)n3)cc2)c1. The summed E-state index contributed by atoms with van der Waals surface area (Å²) in [5.41, 5.74) is 1.84. The molecule has 0 spiro atoms. The fourth-order valence-corrected chi connectivity index (χ4v) is 2.29. The molecule has 0 aliphatic heterocycles. The third kappa shape index (κ3) is 4.17. The summed E-state index contributed by atoms with van der Waals surface area (Å²) in [5, 5.41) is 8.83. The lowest BCUT2D eigenvalue weighted by atomic mass is 10.1. The van der Waals surface area contributed by atoms with Gasteiger partial charge in [-0.15, -0.1) is 0 Å². The number of amides is 1. The molecule has 27 heavy (non-hydrogen) atoms. The highest BCUT2D eigenvalue weighted by atomic mass is 19.3. The number of alkyl halides is 2. The molecule has 0 aliphatic rings. The van der Waals surface area contributed by atoms with Crippen molar-refractivity contribution < 1.29 is 22.9 Å². The molecule has 3 aromatic rings. The lowest BCUT2D eigenvalue weighted by Crippen LogP contribution is -2.24. The number of hydroxylamine groups is 2. The van der Waals surface area contributed by atoms with Gasteiger partial charge in [-0.3, -0.25) is 14.3 Å². The van der Waals surface area contributed by atoms with E-state index in [1.165, 1.54) is 20.4 Å². The molecule has 0 fully saturated rings. The number of hydrogen-bond acceptors (Lipinski definition) is 6. The van der Waals surface area contributed by atoms with Gasteiger partial charge in [0.05, 0.1) is 25.4 Å². The van der Waals surface area contributed by atoms with E-state index in [1.54, 1.807) is 35.1 Å². The van der Waals surface area contributed by atoms with Gasteiger partial charge >= 0.3 is 5.92 Å². The summed E-state index contributed by atoms with van der Waals surface area (Å²) in [6.45, 7) is 1.12. The molecule has 0 bridgehead atoms. The number of carbonyl (C=O) groups is 1. The molecule has 0 aliphatic carbocycles. The largest absolute Gasteiger partial charge is 0.332 e. The van der Waals surface area contributed by atoms with Crippen LogP contribution in [0, 0.1) is 0 Å². The Morgan fingerprint density at radius 1 is 1.33 bits per heavy atom. The zero-order valence-electron chi connectivity index (χ0n) is 14.9. The topological polar surface area (TPSA) is 86.3 Å². The van der Waals surface area contributed by atoms with Crippen molar-refractivity contribution in [2.45, 2.75) is 19.4 Å². The van der Waals surface area contributed by atoms with Crippen molar-refractivity contribution in [3.05, 3.63) is 53.7 Å². The Morgan fingerprint density at radius 3 is 2.63 bits per heavy atom. The highest BCUT2D eigenvalue weighted by Crippen LogP contribution is 2.27. The number of nitrogens with zero attached hydrogens (tertiary/aromatic N) is 5. The molecule has 0 atom stereocenters. The Hall–Kier alpha value is -3.14. The van der Waals surface area contributed by atoms with Gasteiger partial charge in [0.25, 0.3) is 11.8 Å². The second kappa shape index (κ2) is 7.23. The van der Waals surface area contributed by atoms with E-state index in [4.69, 9.17) is 4.84 Å². The van der Waals surface area contributed by atoms with Crippen LogP contribution in [-0.4, -0.2) is 45.0 Å². The monoisotopic (exact) mass is 377 g/mol. The second-order valence-corrected chi connectivity index (χ2v) is 5.92. The minimum Gasteiger partial charge on any atom is -0.332 e. The minimum absolute atomic E-state index is 0.0904. The Morgan fingerprint density at radius 2 is 2.04 bits per heavy atom. The Bertz CT molecular complexity index is 931. The van der Waals surface area contributed by atoms with Crippen molar-refractivity contribution in [1.29, 1.82) is 0 Å². The molecule has 3 rings (SSSR count). The van der Waals surface area contributed by atoms with Gasteiger partial charge in [0, 0.05) is 25.7 Å². The Kier molecular flexibility index (Phi) is 5.00. The smallest absolute Gasteiger partial charge is 0.322 e. The maximum absolute atomic E-state index is 13.2. The van der Waals surface area contributed by atoms with Crippen LogP contribution in [0.2, 0.25) is 0 Å². The fourth-order valence-electron chi connectivity index (χ4n) is 2.29. The van der Waals surface area contributed by atoms with Gasteiger partial charge in [0.2, 0.25) is 5.82 Å². The van der Waals surface area contributed by atoms with Crippen molar-refractivity contribution in [3.8, 4) is 11.4 Å². The summed E-state index contributed by atoms with van der Waals surface area (Å²) in [6.07, 6.45) is 3.07. The lowest BCUT2D eigenvalue weighted by molar-refractivity contribution is -0.0757. The van der Waals surface area contributed by atoms with E-state index in [-0.39, 0.29) is 11.7 Å². The second-order valence-electron chi connectivity index (χ2n) is 5.92. The lowest BCUT2D eigenvalue weighted by Gasteiger charge is -2.11. The number of rotatable bonds is 6. The first kappa shape index (κ1) is 18.6. The van der Waals surface area contributed by atoms with Crippen LogP contribution < -0.4 is 0 Å². The predicted molar refractivity (Wildman–Crippen MR) is 89.7 cm³/mol. The quantitative estimate of drug-likeness (QED) is 0.614. The molecule has 10 heteroatoms. The molecule has 2 heterocycles. The first-order valence-electron chi connectivity index (χ1n) is 7.94. The Balaban J connectivity index is 1.70. The Labute approximate surface area is 153 Å². The third-order valence-electron chi connectivity index (χ3n) is 3.80. The first-order chi connectivity index (χ1) is 12.8. The van der Waals surface area contributed by atoms with Gasteiger partial charge in [-0.05, 0) is 5.56 Å². The van der Waals surface area contributed by atoms with Gasteiger partial charge in [-0.2, -0.15) is 18.9 Å². The van der Waals surface area contributed by atoms with Crippen LogP contribution in [0.3, 0.4) is 0 Å². The molecule has 0 radical (unpaired) electrons. The summed E-state index contributed by atoms with van der Waals surface area (Å²) in [6, 6.07) is 6.98. The molecular weight excluding hydrogens is 360 g/mol. The van der Waals surface area contributed by atoms with E-state index in [0.29, 0.717) is 24.6 Å². The molecule has 0 unspecified atom stereocenters. The fraction of sp³-hybridized carbons (Fsp3) is 0.294. The number of benzene rings is 1. The van der Waals surface area contributed by atoms with Crippen LogP contribution in [0.5, 0.6) is 0 Å². The van der Waals surface area contributed by atoms with E-state index in [0.717, 1.165) is 10.6 Å². The normalized spacial score (nSPS) is 11.6. The summed E-state index contributed by atoms with van der Waals surface area (Å²) < 4.78 is 32.6. The van der Waals surface area contributed by atoms with Crippen molar-refractivity contribution in [2.24, 2.45) is 0 Å². The summed E-state index contributed by atoms with van der Waals surface area (Å²) in [7, 11) is 2.91. The number of hydrogen-bond donors (Lipinski definition) is 0. The minimum atomic E-state index is -3.18. The maximum atomic E-state index is 13.2. The van der Waals surface area contributed by atoms with E-state index in [9.17, 15) is 13.6 Å². The molecule has 0 N–H and O–H groups in total. The third-order valence-corrected chi connectivity index (χ3v) is 3.80. The number of aromatic nitrogens is 4. The zero-order chi connectivity index (χ0) is 19.6. The maximum Gasteiger partial charge on any atom is 0.322 e. The van der Waals surface area contributed by atoms with E-state index >= 15 is 0 Å². The van der Waals surface area contributed by atoms with Gasteiger partial charge < -0.3 is 4.52 Å². The van der Waals surface area contributed by atoms with Gasteiger partial charge in [0.15, 0.2) is 0 Å². The summed E-state index contributed by atoms with van der Waals surface area (Å²) in [4.78, 5) is 20.6. The molecule has 0 saturated carbocycles. The highest BCUT2D eigenvalue weighted by Gasteiger charge is 2.32. The van der Waals surface area contributed by atoms with Crippen LogP contribution in [0.25, 0.3) is 11.4 Å². The van der Waals surface area contributed by atoms with Crippen LogP contribution in [0.4, 0.5) is 8.78 Å². The van der Waals surface area contributed by atoms with Gasteiger partial charge in [0.1, 0.15) is 0 Å². The van der Waals surface area contributed by atoms with E-state index in [2.05, 4.69) is 19.8 Å². The van der Waals surface area contributed by atoms with Crippen molar-refractivity contribution >= 4 is 5.91 Å². The standard InChI is InChI=1S/C17H17F2N5O3/c1-17(18,19)16-21-14(22-27-16)12-6-4-11(5-7-12)9-24-10-13(8-20-24)15(25)23(2)26-3/h4-8,10H,9H2,1-3H3. The molecule has 1 amide bonds. The molecule has 1 aromatic carbocycles.